The predicted molar refractivity (Wildman–Crippen MR) is 108 cm³/mol. The zero-order valence-corrected chi connectivity index (χ0v) is 17.2. The summed E-state index contributed by atoms with van der Waals surface area (Å²) in [7, 11) is 3.00. The predicted octanol–water partition coefficient (Wildman–Crippen LogP) is 4.42. The molecule has 2 aromatic carbocycles. The number of benzene rings is 2. The molecule has 1 aromatic heterocycles. The zero-order valence-electron chi connectivity index (χ0n) is 15.6. The number of nitrogens with zero attached hydrogens (tertiary/aromatic N) is 1. The number of aromatic nitrogens is 1. The molecule has 0 saturated heterocycles. The number of fused-ring (bicyclic) bond motifs is 1. The third-order valence-corrected chi connectivity index (χ3v) is 4.68. The fraction of sp³-hybridized carbons (Fsp3) is 0.190. The number of ketones is 1. The molecule has 0 aliphatic rings. The van der Waals surface area contributed by atoms with Gasteiger partial charge in [0.2, 0.25) is 5.78 Å². The SMILES string of the molecule is CCOC(=O)c1cnc(C(=O)c2cccc(Br)c2)c2cc(OC)c(OC)cc12. The molecule has 28 heavy (non-hydrogen) atoms. The minimum absolute atomic E-state index is 0.210. The maximum absolute atomic E-state index is 13.1. The van der Waals surface area contributed by atoms with Crippen molar-refractivity contribution in [3.05, 3.63) is 63.9 Å². The summed E-state index contributed by atoms with van der Waals surface area (Å²) in [4.78, 5) is 29.8. The van der Waals surface area contributed by atoms with Gasteiger partial charge in [0.15, 0.2) is 11.5 Å². The Balaban J connectivity index is 2.28. The molecule has 0 fully saturated rings. The van der Waals surface area contributed by atoms with Gasteiger partial charge in [-0.3, -0.25) is 9.78 Å². The monoisotopic (exact) mass is 443 g/mol. The van der Waals surface area contributed by atoms with E-state index in [0.29, 0.717) is 27.8 Å². The molecule has 0 radical (unpaired) electrons. The van der Waals surface area contributed by atoms with Crippen molar-refractivity contribution in [2.45, 2.75) is 6.92 Å². The van der Waals surface area contributed by atoms with Gasteiger partial charge in [-0.25, -0.2) is 4.79 Å². The van der Waals surface area contributed by atoms with Gasteiger partial charge in [0.05, 0.1) is 26.4 Å². The molecule has 3 rings (SSSR count). The van der Waals surface area contributed by atoms with E-state index in [9.17, 15) is 9.59 Å². The molecule has 0 bridgehead atoms. The third-order valence-electron chi connectivity index (χ3n) is 4.19. The molecule has 1 heterocycles. The number of pyridine rings is 1. The second kappa shape index (κ2) is 8.39. The fourth-order valence-electron chi connectivity index (χ4n) is 2.88. The van der Waals surface area contributed by atoms with Crippen LogP contribution in [0.3, 0.4) is 0 Å². The smallest absolute Gasteiger partial charge is 0.340 e. The highest BCUT2D eigenvalue weighted by molar-refractivity contribution is 9.10. The Labute approximate surface area is 170 Å². The van der Waals surface area contributed by atoms with Crippen molar-refractivity contribution in [1.82, 2.24) is 4.98 Å². The van der Waals surface area contributed by atoms with E-state index in [1.165, 1.54) is 20.4 Å². The first-order valence-corrected chi connectivity index (χ1v) is 9.31. The summed E-state index contributed by atoms with van der Waals surface area (Å²) in [5, 5.41) is 0.984. The van der Waals surface area contributed by atoms with Gasteiger partial charge in [0.25, 0.3) is 0 Å². The van der Waals surface area contributed by atoms with Crippen LogP contribution in [0, 0.1) is 0 Å². The minimum atomic E-state index is -0.520. The van der Waals surface area contributed by atoms with Crippen LogP contribution in [0.4, 0.5) is 0 Å². The molecular formula is C21H18BrNO5. The summed E-state index contributed by atoms with van der Waals surface area (Å²) in [5.41, 5.74) is 0.938. The van der Waals surface area contributed by atoms with Crippen LogP contribution in [0.15, 0.2) is 47.1 Å². The molecule has 0 amide bonds. The highest BCUT2D eigenvalue weighted by Gasteiger charge is 2.22. The van der Waals surface area contributed by atoms with Gasteiger partial charge in [-0.1, -0.05) is 28.1 Å². The number of rotatable bonds is 6. The Morgan fingerprint density at radius 1 is 1.04 bits per heavy atom. The Kier molecular flexibility index (Phi) is 5.94. The average molecular weight is 444 g/mol. The summed E-state index contributed by atoms with van der Waals surface area (Å²) in [6, 6.07) is 10.3. The van der Waals surface area contributed by atoms with Gasteiger partial charge in [-0.05, 0) is 31.2 Å². The summed E-state index contributed by atoms with van der Waals surface area (Å²) < 4.78 is 16.6. The van der Waals surface area contributed by atoms with Crippen LogP contribution in [-0.2, 0) is 4.74 Å². The van der Waals surface area contributed by atoms with Gasteiger partial charge in [-0.15, -0.1) is 0 Å². The number of hydrogen-bond donors (Lipinski definition) is 0. The average Bonchev–Trinajstić information content (AvgIpc) is 2.71. The third kappa shape index (κ3) is 3.71. The van der Waals surface area contributed by atoms with E-state index in [2.05, 4.69) is 20.9 Å². The first-order valence-electron chi connectivity index (χ1n) is 8.52. The number of methoxy groups -OCH3 is 2. The fourth-order valence-corrected chi connectivity index (χ4v) is 3.28. The van der Waals surface area contributed by atoms with E-state index in [1.54, 1.807) is 37.3 Å². The van der Waals surface area contributed by atoms with E-state index in [0.717, 1.165) is 4.47 Å². The van der Waals surface area contributed by atoms with Crippen molar-refractivity contribution in [3.63, 3.8) is 0 Å². The molecule has 0 saturated carbocycles. The zero-order chi connectivity index (χ0) is 20.3. The highest BCUT2D eigenvalue weighted by Crippen LogP contribution is 2.35. The van der Waals surface area contributed by atoms with E-state index in [4.69, 9.17) is 14.2 Å². The van der Waals surface area contributed by atoms with Gasteiger partial charge in [0, 0.05) is 27.0 Å². The molecule has 3 aromatic rings. The van der Waals surface area contributed by atoms with Crippen LogP contribution in [-0.4, -0.2) is 37.6 Å². The lowest BCUT2D eigenvalue weighted by Crippen LogP contribution is -2.11. The van der Waals surface area contributed by atoms with E-state index < -0.39 is 5.97 Å². The lowest BCUT2D eigenvalue weighted by Gasteiger charge is -2.14. The van der Waals surface area contributed by atoms with Crippen LogP contribution in [0.1, 0.15) is 33.3 Å². The lowest BCUT2D eigenvalue weighted by molar-refractivity contribution is 0.0528. The molecule has 0 aliphatic carbocycles. The molecule has 0 aliphatic heterocycles. The van der Waals surface area contributed by atoms with Crippen molar-refractivity contribution < 1.29 is 23.8 Å². The summed E-state index contributed by atoms with van der Waals surface area (Å²) in [5.74, 6) is 0.0799. The van der Waals surface area contributed by atoms with Gasteiger partial charge in [0.1, 0.15) is 5.69 Å². The molecule has 0 unspecified atom stereocenters. The molecule has 0 spiro atoms. The second-order valence-electron chi connectivity index (χ2n) is 5.83. The van der Waals surface area contributed by atoms with Gasteiger partial charge in [-0.2, -0.15) is 0 Å². The van der Waals surface area contributed by atoms with Crippen LogP contribution < -0.4 is 9.47 Å². The molecule has 0 atom stereocenters. The molecular weight excluding hydrogens is 426 g/mol. The second-order valence-corrected chi connectivity index (χ2v) is 6.75. The Morgan fingerprint density at radius 3 is 2.32 bits per heavy atom. The molecule has 7 heteroatoms. The Hall–Kier alpha value is -2.93. The number of ether oxygens (including phenoxy) is 3. The van der Waals surface area contributed by atoms with Crippen molar-refractivity contribution in [2.75, 3.05) is 20.8 Å². The minimum Gasteiger partial charge on any atom is -0.493 e. The Morgan fingerprint density at radius 2 is 1.71 bits per heavy atom. The Bertz CT molecular complexity index is 1060. The largest absolute Gasteiger partial charge is 0.493 e. The topological polar surface area (TPSA) is 74.7 Å². The first-order chi connectivity index (χ1) is 13.5. The number of carbonyl (C=O) groups is 2. The molecule has 144 valence electrons. The standard InChI is InChI=1S/C21H18BrNO5/c1-4-28-21(25)16-11-23-19(20(24)12-6-5-7-13(22)8-12)15-10-18(27-3)17(26-2)9-14(15)16/h5-11H,4H2,1-3H3. The van der Waals surface area contributed by atoms with Crippen LogP contribution >= 0.6 is 15.9 Å². The summed E-state index contributed by atoms with van der Waals surface area (Å²) in [6.45, 7) is 1.95. The van der Waals surface area contributed by atoms with Crippen LogP contribution in [0.5, 0.6) is 11.5 Å². The quantitative estimate of drug-likeness (QED) is 0.414. The normalized spacial score (nSPS) is 10.6. The van der Waals surface area contributed by atoms with Crippen LogP contribution in [0.25, 0.3) is 10.8 Å². The number of halogens is 1. The van der Waals surface area contributed by atoms with Gasteiger partial charge < -0.3 is 14.2 Å². The molecule has 6 nitrogen and oxygen atoms in total. The first kappa shape index (κ1) is 19.8. The van der Waals surface area contributed by atoms with Crippen LogP contribution in [0.2, 0.25) is 0 Å². The number of hydrogen-bond acceptors (Lipinski definition) is 6. The van der Waals surface area contributed by atoms with Crippen molar-refractivity contribution >= 4 is 38.5 Å². The molecule has 0 N–H and O–H groups in total. The number of carbonyl (C=O) groups excluding carboxylic acids is 2. The maximum atomic E-state index is 13.1. The van der Waals surface area contributed by atoms with Crippen molar-refractivity contribution in [2.24, 2.45) is 0 Å². The van der Waals surface area contributed by atoms with Gasteiger partial charge >= 0.3 is 5.97 Å². The summed E-state index contributed by atoms with van der Waals surface area (Å²) >= 11 is 3.37. The lowest BCUT2D eigenvalue weighted by atomic mass is 9.99. The summed E-state index contributed by atoms with van der Waals surface area (Å²) in [6.07, 6.45) is 1.36. The maximum Gasteiger partial charge on any atom is 0.340 e. The number of esters is 1. The van der Waals surface area contributed by atoms with E-state index in [1.807, 2.05) is 6.07 Å². The van der Waals surface area contributed by atoms with Crippen molar-refractivity contribution in [1.29, 1.82) is 0 Å². The van der Waals surface area contributed by atoms with E-state index in [-0.39, 0.29) is 23.6 Å². The van der Waals surface area contributed by atoms with Crippen molar-refractivity contribution in [3.8, 4) is 11.5 Å². The van der Waals surface area contributed by atoms with E-state index >= 15 is 0 Å². The highest BCUT2D eigenvalue weighted by atomic mass is 79.9.